The van der Waals surface area contributed by atoms with E-state index in [4.69, 9.17) is 5.11 Å². The Kier molecular flexibility index (Phi) is 4.69. The van der Waals surface area contributed by atoms with Crippen LogP contribution in [0.5, 0.6) is 0 Å². The van der Waals surface area contributed by atoms with Crippen LogP contribution >= 0.6 is 15.9 Å². The van der Waals surface area contributed by atoms with Crippen molar-refractivity contribution in [3.05, 3.63) is 28.5 Å². The van der Waals surface area contributed by atoms with E-state index >= 15 is 0 Å². The molecule has 21 heavy (non-hydrogen) atoms. The molecular weight excluding hydrogens is 365 g/mol. The molecule has 1 aliphatic rings. The third kappa shape index (κ3) is 3.44. The first-order valence-electron chi connectivity index (χ1n) is 6.40. The van der Waals surface area contributed by atoms with E-state index in [2.05, 4.69) is 15.9 Å². The van der Waals surface area contributed by atoms with Gasteiger partial charge in [-0.05, 0) is 46.5 Å². The molecule has 0 saturated carbocycles. The van der Waals surface area contributed by atoms with Crippen LogP contribution in [0.4, 0.5) is 4.39 Å². The Hall–Kier alpha value is -0.990. The number of nitrogens with zero attached hydrogens (tertiary/aromatic N) is 1. The third-order valence-electron chi connectivity index (χ3n) is 3.49. The average Bonchev–Trinajstić information content (AvgIpc) is 2.40. The maximum atomic E-state index is 13.3. The zero-order valence-electron chi connectivity index (χ0n) is 11.3. The van der Waals surface area contributed by atoms with Crippen LogP contribution in [0.1, 0.15) is 13.3 Å². The highest BCUT2D eigenvalue weighted by molar-refractivity contribution is 9.10. The molecule has 2 rings (SSSR count). The molecular formula is C13H15BrFNO4S. The highest BCUT2D eigenvalue weighted by Gasteiger charge is 2.37. The van der Waals surface area contributed by atoms with Crippen molar-refractivity contribution in [3.8, 4) is 0 Å². The molecule has 1 aromatic rings. The van der Waals surface area contributed by atoms with Crippen molar-refractivity contribution in [2.75, 3.05) is 13.1 Å². The molecule has 0 aromatic heterocycles. The quantitative estimate of drug-likeness (QED) is 0.874. The summed E-state index contributed by atoms with van der Waals surface area (Å²) in [5, 5.41) is 9.12. The molecule has 1 saturated heterocycles. The van der Waals surface area contributed by atoms with Gasteiger partial charge in [0, 0.05) is 17.6 Å². The van der Waals surface area contributed by atoms with Crippen molar-refractivity contribution < 1.29 is 22.7 Å². The minimum atomic E-state index is -3.93. The van der Waals surface area contributed by atoms with E-state index in [0.717, 1.165) is 16.4 Å². The van der Waals surface area contributed by atoms with E-state index in [-0.39, 0.29) is 28.4 Å². The van der Waals surface area contributed by atoms with Crippen LogP contribution in [0.2, 0.25) is 0 Å². The lowest BCUT2D eigenvalue weighted by Gasteiger charge is -2.33. The van der Waals surface area contributed by atoms with Crippen LogP contribution in [0, 0.1) is 17.7 Å². The van der Waals surface area contributed by atoms with E-state index < -0.39 is 27.7 Å². The van der Waals surface area contributed by atoms with Crippen molar-refractivity contribution in [1.29, 1.82) is 0 Å². The standard InChI is InChI=1S/C13H15BrFNO4S/c1-8-4-9(13(17)18)7-16(6-8)21(19,20)12-5-10(15)2-3-11(12)14/h2-3,5,8-9H,4,6-7H2,1H3,(H,17,18). The third-order valence-corrected chi connectivity index (χ3v) is 6.31. The number of carboxylic acids is 1. The van der Waals surface area contributed by atoms with Gasteiger partial charge in [0.15, 0.2) is 0 Å². The summed E-state index contributed by atoms with van der Waals surface area (Å²) in [7, 11) is -3.93. The van der Waals surface area contributed by atoms with Crippen molar-refractivity contribution >= 4 is 31.9 Å². The Morgan fingerprint density at radius 2 is 2.10 bits per heavy atom. The van der Waals surface area contributed by atoms with Crippen LogP contribution in [-0.2, 0) is 14.8 Å². The highest BCUT2D eigenvalue weighted by Crippen LogP contribution is 2.30. The van der Waals surface area contributed by atoms with Gasteiger partial charge < -0.3 is 5.11 Å². The van der Waals surface area contributed by atoms with Gasteiger partial charge in [0.1, 0.15) is 5.82 Å². The monoisotopic (exact) mass is 379 g/mol. The average molecular weight is 380 g/mol. The summed E-state index contributed by atoms with van der Waals surface area (Å²) < 4.78 is 39.9. The van der Waals surface area contributed by atoms with Gasteiger partial charge >= 0.3 is 5.97 Å². The lowest BCUT2D eigenvalue weighted by Crippen LogP contribution is -2.45. The molecule has 8 heteroatoms. The van der Waals surface area contributed by atoms with Gasteiger partial charge in [-0.3, -0.25) is 4.79 Å². The molecule has 1 fully saturated rings. The van der Waals surface area contributed by atoms with E-state index in [1.807, 2.05) is 0 Å². The Morgan fingerprint density at radius 3 is 2.71 bits per heavy atom. The van der Waals surface area contributed by atoms with Gasteiger partial charge in [-0.1, -0.05) is 6.92 Å². The van der Waals surface area contributed by atoms with Gasteiger partial charge in [0.2, 0.25) is 10.0 Å². The van der Waals surface area contributed by atoms with Gasteiger partial charge in [-0.25, -0.2) is 12.8 Å². The van der Waals surface area contributed by atoms with Gasteiger partial charge in [0.25, 0.3) is 0 Å². The predicted octanol–water partition coefficient (Wildman–Crippen LogP) is 2.32. The normalized spacial score (nSPS) is 24.0. The topological polar surface area (TPSA) is 74.7 Å². The zero-order valence-corrected chi connectivity index (χ0v) is 13.7. The van der Waals surface area contributed by atoms with Gasteiger partial charge in [-0.15, -0.1) is 0 Å². The van der Waals surface area contributed by atoms with E-state index in [1.54, 1.807) is 6.92 Å². The maximum Gasteiger partial charge on any atom is 0.307 e. The maximum absolute atomic E-state index is 13.3. The number of benzene rings is 1. The Balaban J connectivity index is 2.38. The van der Waals surface area contributed by atoms with Crippen LogP contribution in [0.15, 0.2) is 27.6 Å². The number of hydrogen-bond acceptors (Lipinski definition) is 3. The second kappa shape index (κ2) is 6.02. The lowest BCUT2D eigenvalue weighted by molar-refractivity contribution is -0.143. The summed E-state index contributed by atoms with van der Waals surface area (Å²) in [6.45, 7) is 1.94. The molecule has 2 unspecified atom stereocenters. The summed E-state index contributed by atoms with van der Waals surface area (Å²) in [6, 6.07) is 3.42. The first kappa shape index (κ1) is 16.4. The molecule has 1 N–H and O–H groups in total. The molecule has 2 atom stereocenters. The number of rotatable bonds is 3. The number of sulfonamides is 1. The van der Waals surface area contributed by atoms with Gasteiger partial charge in [0.05, 0.1) is 10.8 Å². The molecule has 5 nitrogen and oxygen atoms in total. The Labute approximate surface area is 130 Å². The Morgan fingerprint density at radius 1 is 1.43 bits per heavy atom. The largest absolute Gasteiger partial charge is 0.481 e. The number of carbonyl (C=O) groups is 1. The van der Waals surface area contributed by atoms with E-state index in [9.17, 15) is 17.6 Å². The molecule has 0 aliphatic carbocycles. The minimum absolute atomic E-state index is 0.0676. The van der Waals surface area contributed by atoms with Crippen molar-refractivity contribution in [2.45, 2.75) is 18.2 Å². The fourth-order valence-corrected chi connectivity index (χ4v) is 5.03. The number of hydrogen-bond donors (Lipinski definition) is 1. The van der Waals surface area contributed by atoms with E-state index in [1.165, 1.54) is 6.07 Å². The lowest BCUT2D eigenvalue weighted by atomic mass is 9.92. The minimum Gasteiger partial charge on any atom is -0.481 e. The fourth-order valence-electron chi connectivity index (χ4n) is 2.49. The molecule has 0 amide bonds. The number of carboxylic acid groups (broad SMARTS) is 1. The summed E-state index contributed by atoms with van der Waals surface area (Å²) in [5.74, 6) is -2.48. The summed E-state index contributed by atoms with van der Waals surface area (Å²) in [6.07, 6.45) is 0.436. The molecule has 0 spiro atoms. The number of piperidine rings is 1. The second-order valence-electron chi connectivity index (χ2n) is 5.27. The first-order valence-corrected chi connectivity index (χ1v) is 8.63. The fraction of sp³-hybridized carbons (Fsp3) is 0.462. The van der Waals surface area contributed by atoms with Crippen LogP contribution < -0.4 is 0 Å². The molecule has 116 valence electrons. The Bertz CT molecular complexity index is 664. The highest BCUT2D eigenvalue weighted by atomic mass is 79.9. The SMILES string of the molecule is CC1CC(C(=O)O)CN(S(=O)(=O)c2cc(F)ccc2Br)C1. The molecule has 1 aromatic carbocycles. The first-order chi connectivity index (χ1) is 9.71. The van der Waals surface area contributed by atoms with Crippen LogP contribution in [-0.4, -0.2) is 36.9 Å². The predicted molar refractivity (Wildman–Crippen MR) is 77.8 cm³/mol. The zero-order chi connectivity index (χ0) is 15.8. The summed E-state index contributed by atoms with van der Waals surface area (Å²) in [4.78, 5) is 11.0. The number of halogens is 2. The summed E-state index contributed by atoms with van der Waals surface area (Å²) in [5.41, 5.74) is 0. The smallest absolute Gasteiger partial charge is 0.307 e. The van der Waals surface area contributed by atoms with E-state index in [0.29, 0.717) is 6.42 Å². The summed E-state index contributed by atoms with van der Waals surface area (Å²) >= 11 is 3.10. The molecule has 1 heterocycles. The van der Waals surface area contributed by atoms with Crippen molar-refractivity contribution in [3.63, 3.8) is 0 Å². The number of aliphatic carboxylic acids is 1. The van der Waals surface area contributed by atoms with Crippen molar-refractivity contribution in [2.24, 2.45) is 11.8 Å². The van der Waals surface area contributed by atoms with Gasteiger partial charge in [-0.2, -0.15) is 4.31 Å². The van der Waals surface area contributed by atoms with Crippen molar-refractivity contribution in [1.82, 2.24) is 4.31 Å². The molecule has 0 radical (unpaired) electrons. The second-order valence-corrected chi connectivity index (χ2v) is 8.03. The molecule has 1 aliphatic heterocycles. The van der Waals surface area contributed by atoms with Crippen LogP contribution in [0.25, 0.3) is 0 Å². The van der Waals surface area contributed by atoms with Crippen LogP contribution in [0.3, 0.4) is 0 Å². The molecule has 0 bridgehead atoms.